The van der Waals surface area contributed by atoms with Crippen molar-refractivity contribution in [3.05, 3.63) is 88.7 Å². The van der Waals surface area contributed by atoms with Crippen LogP contribution in [-0.2, 0) is 6.18 Å². The summed E-state index contributed by atoms with van der Waals surface area (Å²) >= 11 is 7.15. The molecule has 30 heavy (non-hydrogen) atoms. The molecule has 2 N–H and O–H groups in total. The molecule has 9 heteroatoms. The lowest BCUT2D eigenvalue weighted by Gasteiger charge is -2.09. The number of halogens is 4. The third-order valence-electron chi connectivity index (χ3n) is 4.34. The monoisotopic (exact) mass is 447 g/mol. The predicted octanol–water partition coefficient (Wildman–Crippen LogP) is 6.59. The number of nitrogens with one attached hydrogen (secondary N) is 2. The van der Waals surface area contributed by atoms with Crippen LogP contribution >= 0.6 is 23.5 Å². The van der Waals surface area contributed by atoms with Crippen molar-refractivity contribution in [1.29, 1.82) is 0 Å². The first kappa shape index (κ1) is 20.3. The number of pyridine rings is 1. The van der Waals surface area contributed by atoms with Gasteiger partial charge in [0, 0.05) is 39.5 Å². The zero-order chi connectivity index (χ0) is 21.3. The largest absolute Gasteiger partial charge is 0.416 e. The van der Waals surface area contributed by atoms with E-state index in [4.69, 9.17) is 11.6 Å². The Morgan fingerprint density at radius 1 is 1.10 bits per heavy atom. The highest BCUT2D eigenvalue weighted by molar-refractivity contribution is 8.00. The second-order valence-electron chi connectivity index (χ2n) is 6.39. The molecule has 0 saturated heterocycles. The summed E-state index contributed by atoms with van der Waals surface area (Å²) in [5.41, 5.74) is 1.41. The normalized spacial score (nSPS) is 11.6. The van der Waals surface area contributed by atoms with Crippen molar-refractivity contribution in [2.75, 3.05) is 4.72 Å². The number of fused-ring (bicyclic) bond motifs is 1. The van der Waals surface area contributed by atoms with Crippen molar-refractivity contribution < 1.29 is 18.0 Å². The lowest BCUT2D eigenvalue weighted by Crippen LogP contribution is -2.04. The Kier molecular flexibility index (Phi) is 5.44. The standard InChI is InChI=1S/C21H13ClF3N3OS/c22-14-9-17-18(11-27-20(17)26-10-14)19(29)12-2-1-3-15(8-12)28-30-16-6-4-13(5-7-16)21(23,24)25/h1-11,28H,(H,26,27). The van der Waals surface area contributed by atoms with E-state index in [1.807, 2.05) is 0 Å². The van der Waals surface area contributed by atoms with Gasteiger partial charge in [-0.25, -0.2) is 4.98 Å². The van der Waals surface area contributed by atoms with E-state index in [0.717, 1.165) is 24.1 Å². The quantitative estimate of drug-likeness (QED) is 0.268. The maximum atomic E-state index is 13.0. The van der Waals surface area contributed by atoms with Crippen LogP contribution in [0.25, 0.3) is 11.0 Å². The topological polar surface area (TPSA) is 57.8 Å². The SMILES string of the molecule is O=C(c1cccc(NSc2ccc(C(F)(F)F)cc2)c1)c1c[nH]c2ncc(Cl)cc12. The minimum absolute atomic E-state index is 0.200. The highest BCUT2D eigenvalue weighted by Crippen LogP contribution is 2.31. The number of carbonyl (C=O) groups is 1. The van der Waals surface area contributed by atoms with Crippen molar-refractivity contribution in [3.63, 3.8) is 0 Å². The molecule has 0 aliphatic carbocycles. The number of H-pyrrole nitrogens is 1. The Morgan fingerprint density at radius 2 is 1.87 bits per heavy atom. The Labute approximate surface area is 178 Å². The number of aromatic nitrogens is 2. The molecule has 0 spiro atoms. The summed E-state index contributed by atoms with van der Waals surface area (Å²) in [6.07, 6.45) is -1.28. The van der Waals surface area contributed by atoms with Gasteiger partial charge in [0.25, 0.3) is 0 Å². The number of alkyl halides is 3. The molecule has 0 aliphatic heterocycles. The third kappa shape index (κ3) is 4.29. The molecule has 152 valence electrons. The smallest absolute Gasteiger partial charge is 0.345 e. The lowest BCUT2D eigenvalue weighted by atomic mass is 10.0. The van der Waals surface area contributed by atoms with Gasteiger partial charge < -0.3 is 9.71 Å². The zero-order valence-electron chi connectivity index (χ0n) is 15.1. The van der Waals surface area contributed by atoms with Gasteiger partial charge in [-0.05, 0) is 54.4 Å². The summed E-state index contributed by atoms with van der Waals surface area (Å²) in [5.74, 6) is -0.200. The van der Waals surface area contributed by atoms with Gasteiger partial charge in [-0.15, -0.1) is 0 Å². The van der Waals surface area contributed by atoms with E-state index in [2.05, 4.69) is 14.7 Å². The fourth-order valence-corrected chi connectivity index (χ4v) is 3.67. The van der Waals surface area contributed by atoms with Crippen LogP contribution in [0, 0.1) is 0 Å². The van der Waals surface area contributed by atoms with Crippen LogP contribution in [0.1, 0.15) is 21.5 Å². The van der Waals surface area contributed by atoms with Gasteiger partial charge in [0.2, 0.25) is 0 Å². The van der Waals surface area contributed by atoms with E-state index in [9.17, 15) is 18.0 Å². The first-order valence-electron chi connectivity index (χ1n) is 8.69. The molecule has 0 amide bonds. The second-order valence-corrected chi connectivity index (χ2v) is 7.70. The van der Waals surface area contributed by atoms with Crippen LogP contribution in [0.4, 0.5) is 18.9 Å². The summed E-state index contributed by atoms with van der Waals surface area (Å²) in [7, 11) is 0. The summed E-state index contributed by atoms with van der Waals surface area (Å²) in [5, 5.41) is 1.06. The number of benzene rings is 2. The molecule has 0 radical (unpaired) electrons. The second kappa shape index (κ2) is 8.04. The number of ketones is 1. The van der Waals surface area contributed by atoms with E-state index in [1.54, 1.807) is 36.5 Å². The Bertz CT molecular complexity index is 1220. The van der Waals surface area contributed by atoms with Crippen LogP contribution in [0.3, 0.4) is 0 Å². The molecule has 4 rings (SSSR count). The van der Waals surface area contributed by atoms with Crippen LogP contribution in [0.15, 0.2) is 71.9 Å². The molecule has 0 saturated carbocycles. The van der Waals surface area contributed by atoms with Crippen molar-refractivity contribution in [1.82, 2.24) is 9.97 Å². The first-order chi connectivity index (χ1) is 14.3. The summed E-state index contributed by atoms with van der Waals surface area (Å²) in [6.45, 7) is 0. The molecule has 0 aliphatic rings. The molecule has 0 atom stereocenters. The minimum atomic E-state index is -4.37. The molecule has 2 aromatic carbocycles. The van der Waals surface area contributed by atoms with Gasteiger partial charge in [0.1, 0.15) is 5.65 Å². The maximum absolute atomic E-state index is 13.0. The van der Waals surface area contributed by atoms with E-state index in [1.165, 1.54) is 18.3 Å². The van der Waals surface area contributed by atoms with Crippen molar-refractivity contribution in [2.24, 2.45) is 0 Å². The summed E-state index contributed by atoms with van der Waals surface area (Å²) in [4.78, 5) is 20.7. The average Bonchev–Trinajstić information content (AvgIpc) is 3.14. The highest BCUT2D eigenvalue weighted by Gasteiger charge is 2.29. The van der Waals surface area contributed by atoms with Crippen LogP contribution in [-0.4, -0.2) is 15.8 Å². The van der Waals surface area contributed by atoms with Gasteiger partial charge in [-0.1, -0.05) is 23.7 Å². The van der Waals surface area contributed by atoms with Gasteiger partial charge in [-0.3, -0.25) is 4.79 Å². The predicted molar refractivity (Wildman–Crippen MR) is 112 cm³/mol. The van der Waals surface area contributed by atoms with E-state index < -0.39 is 11.7 Å². The number of hydrogen-bond acceptors (Lipinski definition) is 4. The maximum Gasteiger partial charge on any atom is 0.416 e. The molecule has 0 unspecified atom stereocenters. The number of carbonyl (C=O) groups excluding carboxylic acids is 1. The van der Waals surface area contributed by atoms with E-state index in [0.29, 0.717) is 37.8 Å². The molecular formula is C21H13ClF3N3OS. The van der Waals surface area contributed by atoms with E-state index in [-0.39, 0.29) is 5.78 Å². The van der Waals surface area contributed by atoms with Crippen LogP contribution < -0.4 is 4.72 Å². The molecule has 0 bridgehead atoms. The first-order valence-corrected chi connectivity index (χ1v) is 9.88. The van der Waals surface area contributed by atoms with Crippen LogP contribution in [0.5, 0.6) is 0 Å². The van der Waals surface area contributed by atoms with Crippen molar-refractivity contribution in [3.8, 4) is 0 Å². The number of hydrogen-bond donors (Lipinski definition) is 2. The number of rotatable bonds is 5. The number of aromatic amines is 1. The summed E-state index contributed by atoms with van der Waals surface area (Å²) < 4.78 is 41.0. The number of anilines is 1. The van der Waals surface area contributed by atoms with E-state index >= 15 is 0 Å². The Balaban J connectivity index is 1.51. The third-order valence-corrected chi connectivity index (χ3v) is 5.39. The molecular weight excluding hydrogens is 435 g/mol. The fraction of sp³-hybridized carbons (Fsp3) is 0.0476. The highest BCUT2D eigenvalue weighted by atomic mass is 35.5. The summed E-state index contributed by atoms with van der Waals surface area (Å²) in [6, 6.07) is 13.4. The Morgan fingerprint density at radius 3 is 2.60 bits per heavy atom. The van der Waals surface area contributed by atoms with Crippen molar-refractivity contribution >= 4 is 46.1 Å². The van der Waals surface area contributed by atoms with Crippen LogP contribution in [0.2, 0.25) is 5.02 Å². The van der Waals surface area contributed by atoms with Gasteiger partial charge in [0.05, 0.1) is 10.6 Å². The molecule has 4 aromatic rings. The molecule has 4 nitrogen and oxygen atoms in total. The number of nitrogens with zero attached hydrogens (tertiary/aromatic N) is 1. The zero-order valence-corrected chi connectivity index (χ0v) is 16.7. The molecule has 2 heterocycles. The van der Waals surface area contributed by atoms with Gasteiger partial charge in [0.15, 0.2) is 5.78 Å². The fourth-order valence-electron chi connectivity index (χ4n) is 2.87. The van der Waals surface area contributed by atoms with Gasteiger partial charge in [-0.2, -0.15) is 13.2 Å². The molecule has 2 aromatic heterocycles. The minimum Gasteiger partial charge on any atom is -0.345 e. The molecule has 0 fully saturated rings. The van der Waals surface area contributed by atoms with Crippen molar-refractivity contribution in [2.45, 2.75) is 11.1 Å². The lowest BCUT2D eigenvalue weighted by molar-refractivity contribution is -0.137. The Hall–Kier alpha value is -2.97. The van der Waals surface area contributed by atoms with Gasteiger partial charge >= 0.3 is 6.18 Å². The average molecular weight is 448 g/mol.